The van der Waals surface area contributed by atoms with E-state index in [0.29, 0.717) is 18.5 Å². The van der Waals surface area contributed by atoms with Gasteiger partial charge in [-0.1, -0.05) is 19.1 Å². The maximum Gasteiger partial charge on any atom is 0.162 e. The van der Waals surface area contributed by atoms with Crippen LogP contribution in [0.25, 0.3) is 33.7 Å². The fourth-order valence-corrected chi connectivity index (χ4v) is 5.24. The zero-order valence-electron chi connectivity index (χ0n) is 22.3. The quantitative estimate of drug-likeness (QED) is 0.276. The molecule has 4 aromatic rings. The molecule has 0 saturated carbocycles. The van der Waals surface area contributed by atoms with Crippen molar-refractivity contribution in [1.82, 2.24) is 29.2 Å². The predicted molar refractivity (Wildman–Crippen MR) is 154 cm³/mol. The second-order valence-corrected chi connectivity index (χ2v) is 10.0. The largest absolute Gasteiger partial charge is 0.494 e. The fourth-order valence-electron chi connectivity index (χ4n) is 4.71. The Bertz CT molecular complexity index is 1360. The van der Waals surface area contributed by atoms with Crippen LogP contribution in [0, 0.1) is 0 Å². The van der Waals surface area contributed by atoms with Gasteiger partial charge in [0.2, 0.25) is 0 Å². The van der Waals surface area contributed by atoms with Gasteiger partial charge in [0.15, 0.2) is 11.5 Å². The van der Waals surface area contributed by atoms with Crippen molar-refractivity contribution in [2.45, 2.75) is 32.2 Å². The third-order valence-electron chi connectivity index (χ3n) is 6.83. The molecule has 0 radical (unpaired) electrons. The van der Waals surface area contributed by atoms with E-state index in [4.69, 9.17) is 19.4 Å². The van der Waals surface area contributed by atoms with Crippen molar-refractivity contribution in [2.24, 2.45) is 0 Å². The Labute approximate surface area is 228 Å². The number of anilines is 1. The lowest BCUT2D eigenvalue weighted by Crippen LogP contribution is -2.37. The van der Waals surface area contributed by atoms with Crippen LogP contribution in [0.5, 0.6) is 5.75 Å². The molecule has 200 valence electrons. The second kappa shape index (κ2) is 12.6. The number of rotatable bonds is 11. The molecule has 1 aliphatic heterocycles. The van der Waals surface area contributed by atoms with Crippen LogP contribution in [0.4, 0.5) is 5.82 Å². The van der Waals surface area contributed by atoms with Gasteiger partial charge in [-0.15, -0.1) is 0 Å². The molecule has 1 saturated heterocycles. The highest BCUT2D eigenvalue weighted by Gasteiger charge is 2.22. The number of nitrogens with zero attached hydrogens (tertiary/aromatic N) is 6. The Morgan fingerprint density at radius 3 is 2.89 bits per heavy atom. The summed E-state index contributed by atoms with van der Waals surface area (Å²) in [5.74, 6) is 2.37. The van der Waals surface area contributed by atoms with Crippen molar-refractivity contribution >= 4 is 28.8 Å². The maximum atomic E-state index is 6.04. The Kier molecular flexibility index (Phi) is 8.72. The summed E-state index contributed by atoms with van der Waals surface area (Å²) in [6.07, 6.45) is 10.4. The molecule has 1 N–H and O–H groups in total. The van der Waals surface area contributed by atoms with Gasteiger partial charge in [-0.05, 0) is 56.4 Å². The highest BCUT2D eigenvalue weighted by molar-refractivity contribution is 7.97. The SMILES string of the molecule is CCNCCCOc1cccc(-c2nc(-c3cn(SC)c4ncncc34)cc(N(C)C3CCOCC3)n2)c1. The Morgan fingerprint density at radius 1 is 1.21 bits per heavy atom. The van der Waals surface area contributed by atoms with E-state index in [0.717, 1.165) is 85.0 Å². The Balaban J connectivity index is 1.53. The molecule has 9 nitrogen and oxygen atoms in total. The molecule has 0 unspecified atom stereocenters. The van der Waals surface area contributed by atoms with Crippen molar-refractivity contribution < 1.29 is 9.47 Å². The number of hydrogen-bond acceptors (Lipinski definition) is 9. The van der Waals surface area contributed by atoms with Gasteiger partial charge >= 0.3 is 0 Å². The van der Waals surface area contributed by atoms with Gasteiger partial charge in [-0.25, -0.2) is 19.9 Å². The van der Waals surface area contributed by atoms with Gasteiger partial charge in [0.05, 0.1) is 12.3 Å². The van der Waals surface area contributed by atoms with Gasteiger partial charge in [0.1, 0.15) is 17.9 Å². The van der Waals surface area contributed by atoms with Crippen LogP contribution < -0.4 is 15.0 Å². The first-order valence-electron chi connectivity index (χ1n) is 13.2. The molecule has 1 aliphatic rings. The van der Waals surface area contributed by atoms with Crippen LogP contribution in [0.1, 0.15) is 26.2 Å². The van der Waals surface area contributed by atoms with Crippen LogP contribution in [0.15, 0.2) is 49.1 Å². The van der Waals surface area contributed by atoms with Crippen molar-refractivity contribution in [3.05, 3.63) is 49.1 Å². The summed E-state index contributed by atoms with van der Waals surface area (Å²) >= 11 is 1.60. The molecule has 0 amide bonds. The van der Waals surface area contributed by atoms with E-state index in [1.54, 1.807) is 18.3 Å². The van der Waals surface area contributed by atoms with Crippen molar-refractivity contribution in [3.63, 3.8) is 0 Å². The zero-order valence-corrected chi connectivity index (χ0v) is 23.1. The predicted octanol–water partition coefficient (Wildman–Crippen LogP) is 4.68. The van der Waals surface area contributed by atoms with Gasteiger partial charge in [0.25, 0.3) is 0 Å². The van der Waals surface area contributed by atoms with E-state index in [2.05, 4.69) is 50.4 Å². The number of aromatic nitrogens is 5. The molecule has 0 spiro atoms. The molecule has 38 heavy (non-hydrogen) atoms. The molecule has 0 atom stereocenters. The van der Waals surface area contributed by atoms with Crippen LogP contribution in [0.3, 0.4) is 0 Å². The summed E-state index contributed by atoms with van der Waals surface area (Å²) in [6, 6.07) is 10.5. The summed E-state index contributed by atoms with van der Waals surface area (Å²) in [6.45, 7) is 6.21. The molecule has 1 aromatic carbocycles. The molecule has 0 bridgehead atoms. The summed E-state index contributed by atoms with van der Waals surface area (Å²) < 4.78 is 13.7. The number of hydrogen-bond donors (Lipinski definition) is 1. The van der Waals surface area contributed by atoms with E-state index >= 15 is 0 Å². The standard InChI is InChI=1S/C28H35N7O2S/c1-4-29-11-6-12-37-22-8-5-7-20(15-22)27-32-25(16-26(33-27)34(2)21-9-13-36-14-10-21)24-18-35(38-3)28-23(24)17-30-19-31-28/h5,7-8,15-19,21,29H,4,6,9-14H2,1-3H3. The first-order valence-corrected chi connectivity index (χ1v) is 14.4. The van der Waals surface area contributed by atoms with Gasteiger partial charge in [-0.3, -0.25) is 3.97 Å². The molecule has 0 aliphatic carbocycles. The highest BCUT2D eigenvalue weighted by atomic mass is 32.2. The Morgan fingerprint density at radius 2 is 2.08 bits per heavy atom. The van der Waals surface area contributed by atoms with E-state index in [1.165, 1.54) is 0 Å². The van der Waals surface area contributed by atoms with E-state index < -0.39 is 0 Å². The van der Waals surface area contributed by atoms with Gasteiger partial charge < -0.3 is 19.7 Å². The number of nitrogens with one attached hydrogen (secondary N) is 1. The van der Waals surface area contributed by atoms with E-state index in [1.807, 2.05) is 36.7 Å². The number of fused-ring (bicyclic) bond motifs is 1. The lowest BCUT2D eigenvalue weighted by Gasteiger charge is -2.32. The molecular weight excluding hydrogens is 498 g/mol. The van der Waals surface area contributed by atoms with E-state index in [9.17, 15) is 0 Å². The first-order chi connectivity index (χ1) is 18.7. The summed E-state index contributed by atoms with van der Waals surface area (Å²) in [7, 11) is 2.12. The van der Waals surface area contributed by atoms with Gasteiger partial charge in [0, 0.05) is 67.5 Å². The smallest absolute Gasteiger partial charge is 0.162 e. The summed E-state index contributed by atoms with van der Waals surface area (Å²) in [5.41, 5.74) is 3.61. The molecule has 4 heterocycles. The minimum absolute atomic E-state index is 0.363. The average molecular weight is 534 g/mol. The monoisotopic (exact) mass is 533 g/mol. The molecule has 1 fully saturated rings. The minimum Gasteiger partial charge on any atom is -0.494 e. The summed E-state index contributed by atoms with van der Waals surface area (Å²) in [4.78, 5) is 21.2. The van der Waals surface area contributed by atoms with Crippen molar-refractivity contribution in [2.75, 3.05) is 51.1 Å². The number of ether oxygens (including phenoxy) is 2. The van der Waals surface area contributed by atoms with Crippen LogP contribution >= 0.6 is 11.9 Å². The number of benzene rings is 1. The van der Waals surface area contributed by atoms with Crippen LogP contribution in [-0.2, 0) is 4.74 Å². The topological polar surface area (TPSA) is 90.2 Å². The lowest BCUT2D eigenvalue weighted by molar-refractivity contribution is 0.0853. The summed E-state index contributed by atoms with van der Waals surface area (Å²) in [5, 5.41) is 4.29. The second-order valence-electron chi connectivity index (χ2n) is 9.28. The first kappa shape index (κ1) is 26.4. The molecular formula is C28H35N7O2S. The maximum absolute atomic E-state index is 6.04. The van der Waals surface area contributed by atoms with E-state index in [-0.39, 0.29) is 0 Å². The van der Waals surface area contributed by atoms with Crippen LogP contribution in [-0.4, -0.2) is 76.2 Å². The minimum atomic E-state index is 0.363. The van der Waals surface area contributed by atoms with Crippen molar-refractivity contribution in [1.29, 1.82) is 0 Å². The third kappa shape index (κ3) is 5.92. The molecule has 5 rings (SSSR count). The Hall–Kier alpha value is -3.21. The molecule has 3 aromatic heterocycles. The lowest BCUT2D eigenvalue weighted by atomic mass is 10.1. The van der Waals surface area contributed by atoms with Crippen LogP contribution in [0.2, 0.25) is 0 Å². The molecule has 10 heteroatoms. The zero-order chi connectivity index (χ0) is 26.3. The average Bonchev–Trinajstić information content (AvgIpc) is 3.36. The van der Waals surface area contributed by atoms with Gasteiger partial charge in [-0.2, -0.15) is 0 Å². The third-order valence-corrected chi connectivity index (χ3v) is 7.50. The normalized spacial score (nSPS) is 14.2. The fraction of sp³-hybridized carbons (Fsp3) is 0.429. The highest BCUT2D eigenvalue weighted by Crippen LogP contribution is 2.34. The van der Waals surface area contributed by atoms with Crippen molar-refractivity contribution in [3.8, 4) is 28.4 Å².